The molecule has 19 heavy (non-hydrogen) atoms. The zero-order valence-electron chi connectivity index (χ0n) is 11.6. The molecule has 0 aliphatic carbocycles. The molecule has 0 aliphatic heterocycles. The van der Waals surface area contributed by atoms with Gasteiger partial charge in [0.15, 0.2) is 0 Å². The standard InChI is InChI=1S/C15H19N3O/c1-4-9-16-15(19)13-5-7-14(8-6-13)18-12(3)10-11(2)17-18/h5-8,10H,4,9H2,1-3H3,(H,16,19). The maximum Gasteiger partial charge on any atom is 0.251 e. The van der Waals surface area contributed by atoms with Crippen LogP contribution in [0.1, 0.15) is 35.1 Å². The van der Waals surface area contributed by atoms with E-state index in [0.29, 0.717) is 12.1 Å². The van der Waals surface area contributed by atoms with Crippen LogP contribution in [0.2, 0.25) is 0 Å². The average molecular weight is 257 g/mol. The number of hydrogen-bond donors (Lipinski definition) is 1. The van der Waals surface area contributed by atoms with Crippen molar-refractivity contribution in [2.75, 3.05) is 6.54 Å². The van der Waals surface area contributed by atoms with Crippen LogP contribution in [0.3, 0.4) is 0 Å². The molecule has 2 rings (SSSR count). The van der Waals surface area contributed by atoms with Crippen LogP contribution in [0.4, 0.5) is 0 Å². The van der Waals surface area contributed by atoms with E-state index in [1.54, 1.807) is 0 Å². The van der Waals surface area contributed by atoms with Crippen molar-refractivity contribution < 1.29 is 4.79 Å². The number of carbonyl (C=O) groups excluding carboxylic acids is 1. The first-order chi connectivity index (χ1) is 9.11. The van der Waals surface area contributed by atoms with Gasteiger partial charge < -0.3 is 5.32 Å². The van der Waals surface area contributed by atoms with Crippen molar-refractivity contribution in [2.24, 2.45) is 0 Å². The number of nitrogens with one attached hydrogen (secondary N) is 1. The van der Waals surface area contributed by atoms with Gasteiger partial charge in [-0.15, -0.1) is 0 Å². The summed E-state index contributed by atoms with van der Waals surface area (Å²) in [5.74, 6) is -0.0261. The van der Waals surface area contributed by atoms with Gasteiger partial charge in [0, 0.05) is 17.8 Å². The second kappa shape index (κ2) is 5.69. The van der Waals surface area contributed by atoms with Crippen molar-refractivity contribution in [2.45, 2.75) is 27.2 Å². The smallest absolute Gasteiger partial charge is 0.251 e. The maximum absolute atomic E-state index is 11.8. The zero-order chi connectivity index (χ0) is 13.8. The molecule has 0 bridgehead atoms. The van der Waals surface area contributed by atoms with E-state index in [2.05, 4.69) is 10.4 Å². The van der Waals surface area contributed by atoms with Gasteiger partial charge in [-0.2, -0.15) is 5.10 Å². The van der Waals surface area contributed by atoms with E-state index >= 15 is 0 Å². The lowest BCUT2D eigenvalue weighted by Gasteiger charge is -2.06. The Morgan fingerprint density at radius 1 is 1.26 bits per heavy atom. The fourth-order valence-corrected chi connectivity index (χ4v) is 1.98. The Bertz CT molecular complexity index is 570. The fourth-order valence-electron chi connectivity index (χ4n) is 1.98. The molecule has 1 N–H and O–H groups in total. The second-order valence-electron chi connectivity index (χ2n) is 4.64. The van der Waals surface area contributed by atoms with E-state index in [9.17, 15) is 4.79 Å². The summed E-state index contributed by atoms with van der Waals surface area (Å²) in [5.41, 5.74) is 3.72. The molecule has 0 fully saturated rings. The Kier molecular flexibility index (Phi) is 4.00. The summed E-state index contributed by atoms with van der Waals surface area (Å²) in [6.45, 7) is 6.72. The third-order valence-corrected chi connectivity index (χ3v) is 2.92. The van der Waals surface area contributed by atoms with Crippen LogP contribution in [0, 0.1) is 13.8 Å². The molecule has 0 radical (unpaired) electrons. The number of rotatable bonds is 4. The highest BCUT2D eigenvalue weighted by Crippen LogP contribution is 2.13. The van der Waals surface area contributed by atoms with Gasteiger partial charge in [0.2, 0.25) is 0 Å². The SMILES string of the molecule is CCCNC(=O)c1ccc(-n2nc(C)cc2C)cc1. The summed E-state index contributed by atoms with van der Waals surface area (Å²) in [6, 6.07) is 9.52. The van der Waals surface area contributed by atoms with Crippen LogP contribution in [0.5, 0.6) is 0 Å². The van der Waals surface area contributed by atoms with Gasteiger partial charge in [0.25, 0.3) is 5.91 Å². The predicted molar refractivity (Wildman–Crippen MR) is 75.7 cm³/mol. The van der Waals surface area contributed by atoms with Crippen LogP contribution in [0.25, 0.3) is 5.69 Å². The Morgan fingerprint density at radius 2 is 1.95 bits per heavy atom. The first-order valence-corrected chi connectivity index (χ1v) is 6.53. The van der Waals surface area contributed by atoms with E-state index in [4.69, 9.17) is 0 Å². The monoisotopic (exact) mass is 257 g/mol. The van der Waals surface area contributed by atoms with Crippen LogP contribution in [-0.4, -0.2) is 22.2 Å². The van der Waals surface area contributed by atoms with E-state index in [1.807, 2.05) is 55.8 Å². The van der Waals surface area contributed by atoms with Gasteiger partial charge in [-0.1, -0.05) is 6.92 Å². The molecule has 4 heteroatoms. The molecule has 1 aromatic heterocycles. The van der Waals surface area contributed by atoms with Crippen molar-refractivity contribution in [3.8, 4) is 5.69 Å². The summed E-state index contributed by atoms with van der Waals surface area (Å²) in [7, 11) is 0. The molecule has 0 spiro atoms. The second-order valence-corrected chi connectivity index (χ2v) is 4.64. The molecule has 0 unspecified atom stereocenters. The minimum atomic E-state index is -0.0261. The quantitative estimate of drug-likeness (QED) is 0.915. The number of benzene rings is 1. The van der Waals surface area contributed by atoms with Gasteiger partial charge in [0.1, 0.15) is 0 Å². The van der Waals surface area contributed by atoms with Crippen LogP contribution >= 0.6 is 0 Å². The van der Waals surface area contributed by atoms with E-state index < -0.39 is 0 Å². The molecule has 1 amide bonds. The van der Waals surface area contributed by atoms with Crippen molar-refractivity contribution in [3.63, 3.8) is 0 Å². The van der Waals surface area contributed by atoms with Gasteiger partial charge >= 0.3 is 0 Å². The molecule has 0 saturated carbocycles. The molecule has 0 saturated heterocycles. The number of aryl methyl sites for hydroxylation is 2. The fraction of sp³-hybridized carbons (Fsp3) is 0.333. The summed E-state index contributed by atoms with van der Waals surface area (Å²) in [5, 5.41) is 7.28. The Hall–Kier alpha value is -2.10. The van der Waals surface area contributed by atoms with Crippen LogP contribution in [-0.2, 0) is 0 Å². The molecular weight excluding hydrogens is 238 g/mol. The molecule has 100 valence electrons. The van der Waals surface area contributed by atoms with Crippen molar-refractivity contribution in [3.05, 3.63) is 47.3 Å². The van der Waals surface area contributed by atoms with Crippen LogP contribution < -0.4 is 5.32 Å². The van der Waals surface area contributed by atoms with Gasteiger partial charge in [0.05, 0.1) is 11.4 Å². The molecular formula is C15H19N3O. The van der Waals surface area contributed by atoms with E-state index in [0.717, 1.165) is 23.5 Å². The minimum Gasteiger partial charge on any atom is -0.352 e. The molecule has 4 nitrogen and oxygen atoms in total. The van der Waals surface area contributed by atoms with Crippen molar-refractivity contribution >= 4 is 5.91 Å². The maximum atomic E-state index is 11.8. The predicted octanol–water partition coefficient (Wildman–Crippen LogP) is 2.63. The van der Waals surface area contributed by atoms with Gasteiger partial charge in [-0.25, -0.2) is 4.68 Å². The Balaban J connectivity index is 2.19. The lowest BCUT2D eigenvalue weighted by molar-refractivity contribution is 0.0953. The molecule has 1 aromatic carbocycles. The van der Waals surface area contributed by atoms with Gasteiger partial charge in [-0.3, -0.25) is 4.79 Å². The van der Waals surface area contributed by atoms with Crippen molar-refractivity contribution in [1.82, 2.24) is 15.1 Å². The summed E-state index contributed by atoms with van der Waals surface area (Å²) in [4.78, 5) is 11.8. The molecule has 1 heterocycles. The van der Waals surface area contributed by atoms with Crippen LogP contribution in [0.15, 0.2) is 30.3 Å². The molecule has 0 aliphatic rings. The van der Waals surface area contributed by atoms with Crippen molar-refractivity contribution in [1.29, 1.82) is 0 Å². The highest BCUT2D eigenvalue weighted by molar-refractivity contribution is 5.94. The number of nitrogens with zero attached hydrogens (tertiary/aromatic N) is 2. The lowest BCUT2D eigenvalue weighted by Crippen LogP contribution is -2.23. The number of carbonyl (C=O) groups is 1. The largest absolute Gasteiger partial charge is 0.352 e. The first kappa shape index (κ1) is 13.3. The topological polar surface area (TPSA) is 46.9 Å². The lowest BCUT2D eigenvalue weighted by atomic mass is 10.2. The van der Waals surface area contributed by atoms with E-state index in [-0.39, 0.29) is 5.91 Å². The highest BCUT2D eigenvalue weighted by Gasteiger charge is 2.06. The highest BCUT2D eigenvalue weighted by atomic mass is 16.1. The summed E-state index contributed by atoms with van der Waals surface area (Å²) in [6.07, 6.45) is 0.940. The van der Waals surface area contributed by atoms with E-state index in [1.165, 1.54) is 0 Å². The molecule has 0 atom stereocenters. The third-order valence-electron chi connectivity index (χ3n) is 2.92. The first-order valence-electron chi connectivity index (χ1n) is 6.53. The average Bonchev–Trinajstić information content (AvgIpc) is 2.75. The third kappa shape index (κ3) is 3.02. The number of amides is 1. The normalized spacial score (nSPS) is 10.5. The summed E-state index contributed by atoms with van der Waals surface area (Å²) < 4.78 is 1.88. The zero-order valence-corrected chi connectivity index (χ0v) is 11.6. The minimum absolute atomic E-state index is 0.0261. The van der Waals surface area contributed by atoms with Gasteiger partial charge in [-0.05, 0) is 50.6 Å². The Morgan fingerprint density at radius 3 is 2.47 bits per heavy atom. The number of hydrogen-bond acceptors (Lipinski definition) is 2. The molecule has 2 aromatic rings. The Labute approximate surface area is 113 Å². The summed E-state index contributed by atoms with van der Waals surface area (Å²) >= 11 is 0. The number of aromatic nitrogens is 2.